The van der Waals surface area contributed by atoms with Gasteiger partial charge in [-0.3, -0.25) is 9.59 Å². The lowest BCUT2D eigenvalue weighted by molar-refractivity contribution is -0.151. The Morgan fingerprint density at radius 2 is 1.70 bits per heavy atom. The number of hydrogen-bond donors (Lipinski definition) is 2. The van der Waals surface area contributed by atoms with Crippen molar-refractivity contribution in [2.45, 2.75) is 78.4 Å². The molecule has 1 heterocycles. The Bertz CT molecular complexity index is 835. The number of fused-ring (bicyclic) bond motifs is 1. The maximum atomic E-state index is 13.3. The van der Waals surface area contributed by atoms with Crippen LogP contribution in [0, 0.1) is 35.0 Å². The summed E-state index contributed by atoms with van der Waals surface area (Å²) in [5.41, 5.74) is 0.738. The van der Waals surface area contributed by atoms with E-state index in [2.05, 4.69) is 26.1 Å². The normalized spacial score (nSPS) is 36.0. The summed E-state index contributed by atoms with van der Waals surface area (Å²) in [5, 5.41) is 14.9. The van der Waals surface area contributed by atoms with Crippen molar-refractivity contribution in [3.8, 4) is 0 Å². The second-order valence-corrected chi connectivity index (χ2v) is 11.5. The zero-order valence-electron chi connectivity index (χ0n) is 20.8. The van der Waals surface area contributed by atoms with Gasteiger partial charge in [0, 0.05) is 30.6 Å². The van der Waals surface area contributed by atoms with Gasteiger partial charge in [0.2, 0.25) is 5.91 Å². The number of carbonyl (C=O) groups is 2. The molecule has 0 spiro atoms. The molecule has 1 aliphatic heterocycles. The van der Waals surface area contributed by atoms with Crippen LogP contribution in [-0.2, 0) is 4.79 Å². The highest BCUT2D eigenvalue weighted by molar-refractivity contribution is 5.94. The van der Waals surface area contributed by atoms with Crippen LogP contribution in [0.15, 0.2) is 30.3 Å². The van der Waals surface area contributed by atoms with Crippen LogP contribution in [0.5, 0.6) is 0 Å². The van der Waals surface area contributed by atoms with Crippen molar-refractivity contribution in [3.05, 3.63) is 35.9 Å². The number of aliphatic hydroxyl groups is 1. The summed E-state index contributed by atoms with van der Waals surface area (Å²) in [6, 6.07) is 9.40. The van der Waals surface area contributed by atoms with Crippen LogP contribution in [0.2, 0.25) is 0 Å². The Morgan fingerprint density at radius 3 is 2.36 bits per heavy atom. The quantitative estimate of drug-likeness (QED) is 0.704. The number of hydrogen-bond acceptors (Lipinski definition) is 3. The number of piperidine rings is 1. The van der Waals surface area contributed by atoms with Crippen LogP contribution >= 0.6 is 0 Å². The third-order valence-corrected chi connectivity index (χ3v) is 9.37. The molecule has 2 N–H and O–H groups in total. The molecule has 1 saturated heterocycles. The van der Waals surface area contributed by atoms with Crippen molar-refractivity contribution in [1.29, 1.82) is 0 Å². The zero-order valence-corrected chi connectivity index (χ0v) is 20.8. The fourth-order valence-electron chi connectivity index (χ4n) is 7.04. The van der Waals surface area contributed by atoms with Crippen molar-refractivity contribution in [2.75, 3.05) is 13.1 Å². The van der Waals surface area contributed by atoms with E-state index in [1.807, 2.05) is 42.2 Å². The molecule has 5 nitrogen and oxygen atoms in total. The predicted molar refractivity (Wildman–Crippen MR) is 131 cm³/mol. The SMILES string of the molecule is CC1CCN(C(=O)C(C)C2CCC3(C)CCC(NC(=O)c4ccccc4)C(C)C3C2O)CC1. The van der Waals surface area contributed by atoms with Gasteiger partial charge in [-0.15, -0.1) is 0 Å². The predicted octanol–water partition coefficient (Wildman–Crippen LogP) is 4.50. The first-order valence-corrected chi connectivity index (χ1v) is 13.0. The highest BCUT2D eigenvalue weighted by Gasteiger charge is 2.54. The van der Waals surface area contributed by atoms with Gasteiger partial charge in [-0.2, -0.15) is 0 Å². The van der Waals surface area contributed by atoms with Crippen molar-refractivity contribution in [2.24, 2.45) is 35.0 Å². The maximum Gasteiger partial charge on any atom is 0.251 e. The molecule has 7 unspecified atom stereocenters. The third-order valence-electron chi connectivity index (χ3n) is 9.37. The van der Waals surface area contributed by atoms with Gasteiger partial charge < -0.3 is 15.3 Å². The highest BCUT2D eigenvalue weighted by atomic mass is 16.3. The summed E-state index contributed by atoms with van der Waals surface area (Å²) in [6.07, 6.45) is 5.51. The molecule has 0 bridgehead atoms. The molecule has 5 heteroatoms. The van der Waals surface area contributed by atoms with E-state index in [1.165, 1.54) is 0 Å². The van der Waals surface area contributed by atoms with Crippen LogP contribution in [0.1, 0.15) is 76.6 Å². The first-order chi connectivity index (χ1) is 15.7. The molecule has 3 aliphatic rings. The van der Waals surface area contributed by atoms with E-state index in [0.29, 0.717) is 11.5 Å². The molecule has 3 fully saturated rings. The number of likely N-dealkylation sites (tertiary alicyclic amines) is 1. The van der Waals surface area contributed by atoms with Gasteiger partial charge in [-0.25, -0.2) is 0 Å². The largest absolute Gasteiger partial charge is 0.392 e. The molecule has 1 aromatic carbocycles. The van der Waals surface area contributed by atoms with E-state index in [-0.39, 0.29) is 46.9 Å². The van der Waals surface area contributed by atoms with Crippen molar-refractivity contribution in [1.82, 2.24) is 10.2 Å². The number of amides is 2. The second kappa shape index (κ2) is 9.77. The molecule has 2 aliphatic carbocycles. The number of aliphatic hydroxyl groups excluding tert-OH is 1. The summed E-state index contributed by atoms with van der Waals surface area (Å²) in [5.74, 6) is 0.935. The molecule has 182 valence electrons. The monoisotopic (exact) mass is 454 g/mol. The number of carbonyl (C=O) groups excluding carboxylic acids is 2. The van der Waals surface area contributed by atoms with Crippen LogP contribution in [0.4, 0.5) is 0 Å². The smallest absolute Gasteiger partial charge is 0.251 e. The van der Waals surface area contributed by atoms with E-state index >= 15 is 0 Å². The Balaban J connectivity index is 1.45. The van der Waals surface area contributed by atoms with E-state index < -0.39 is 6.10 Å². The van der Waals surface area contributed by atoms with E-state index in [1.54, 1.807) is 0 Å². The summed E-state index contributed by atoms with van der Waals surface area (Å²) >= 11 is 0. The minimum Gasteiger partial charge on any atom is -0.392 e. The molecule has 1 aromatic rings. The maximum absolute atomic E-state index is 13.3. The lowest BCUT2D eigenvalue weighted by Crippen LogP contribution is -2.58. The summed E-state index contributed by atoms with van der Waals surface area (Å²) < 4.78 is 0. The zero-order chi connectivity index (χ0) is 23.8. The molecule has 7 atom stereocenters. The van der Waals surface area contributed by atoms with Gasteiger partial charge >= 0.3 is 0 Å². The first kappa shape index (κ1) is 24.3. The average Bonchev–Trinajstić information content (AvgIpc) is 2.81. The van der Waals surface area contributed by atoms with E-state index in [9.17, 15) is 14.7 Å². The molecule has 2 saturated carbocycles. The van der Waals surface area contributed by atoms with Gasteiger partial charge in [-0.1, -0.05) is 45.9 Å². The lowest BCUT2D eigenvalue weighted by atomic mass is 9.51. The molecule has 4 rings (SSSR count). The van der Waals surface area contributed by atoms with E-state index in [0.717, 1.165) is 51.6 Å². The van der Waals surface area contributed by atoms with Crippen molar-refractivity contribution >= 4 is 11.8 Å². The van der Waals surface area contributed by atoms with Gasteiger partial charge in [0.1, 0.15) is 0 Å². The molecular formula is C28H42N2O3. The van der Waals surface area contributed by atoms with Crippen molar-refractivity contribution < 1.29 is 14.7 Å². The number of nitrogens with zero attached hydrogens (tertiary/aromatic N) is 1. The van der Waals surface area contributed by atoms with Crippen molar-refractivity contribution in [3.63, 3.8) is 0 Å². The Hall–Kier alpha value is -1.88. The summed E-state index contributed by atoms with van der Waals surface area (Å²) in [4.78, 5) is 28.1. The fourth-order valence-corrected chi connectivity index (χ4v) is 7.04. The number of nitrogens with one attached hydrogen (secondary N) is 1. The third kappa shape index (κ3) is 4.84. The second-order valence-electron chi connectivity index (χ2n) is 11.5. The number of rotatable bonds is 4. The summed E-state index contributed by atoms with van der Waals surface area (Å²) in [6.45, 7) is 10.5. The van der Waals surface area contributed by atoms with Gasteiger partial charge in [0.15, 0.2) is 0 Å². The van der Waals surface area contributed by atoms with Crippen LogP contribution < -0.4 is 5.32 Å². The van der Waals surface area contributed by atoms with Gasteiger partial charge in [0.25, 0.3) is 5.91 Å². The molecule has 0 radical (unpaired) electrons. The average molecular weight is 455 g/mol. The van der Waals surface area contributed by atoms with Crippen LogP contribution in [0.25, 0.3) is 0 Å². The van der Waals surface area contributed by atoms with E-state index in [4.69, 9.17) is 0 Å². The van der Waals surface area contributed by atoms with Gasteiger partial charge in [-0.05, 0) is 79.7 Å². The molecular weight excluding hydrogens is 412 g/mol. The highest BCUT2D eigenvalue weighted by Crippen LogP contribution is 2.55. The molecule has 0 aromatic heterocycles. The summed E-state index contributed by atoms with van der Waals surface area (Å²) in [7, 11) is 0. The molecule has 2 amide bonds. The minimum absolute atomic E-state index is 0.0130. The van der Waals surface area contributed by atoms with Gasteiger partial charge in [0.05, 0.1) is 6.10 Å². The Morgan fingerprint density at radius 1 is 1.06 bits per heavy atom. The standard InChI is InChI=1S/C28H42N2O3/c1-18-12-16-30(17-13-18)27(33)19(2)22-10-14-28(4)15-11-23(20(3)24(28)25(22)31)29-26(32)21-8-6-5-7-9-21/h5-9,18-20,22-25,31H,10-17H2,1-4H3,(H,29,32). The Kier molecular flexibility index (Phi) is 7.18. The number of benzene rings is 1. The minimum atomic E-state index is -0.516. The molecule has 33 heavy (non-hydrogen) atoms. The van der Waals surface area contributed by atoms with Crippen LogP contribution in [0.3, 0.4) is 0 Å². The lowest BCUT2D eigenvalue weighted by Gasteiger charge is -2.56. The van der Waals surface area contributed by atoms with Crippen LogP contribution in [-0.4, -0.2) is 47.1 Å². The first-order valence-electron chi connectivity index (χ1n) is 13.0. The topological polar surface area (TPSA) is 69.6 Å². The Labute approximate surface area is 199 Å². The fraction of sp³-hybridized carbons (Fsp3) is 0.714.